The zero-order valence-corrected chi connectivity index (χ0v) is 10.7. The standard InChI is InChI=1S/C12H25NO2/c1-9(2)6-10(8-13)7-11(14)15-12(3,4)5/h9-10H,6-8,13H2,1-5H3/t10-/m0/s1. The highest BCUT2D eigenvalue weighted by atomic mass is 16.6. The first-order valence-corrected chi connectivity index (χ1v) is 5.66. The lowest BCUT2D eigenvalue weighted by Crippen LogP contribution is -2.27. The smallest absolute Gasteiger partial charge is 0.306 e. The van der Waals surface area contributed by atoms with Crippen molar-refractivity contribution >= 4 is 5.97 Å². The molecule has 0 rings (SSSR count). The van der Waals surface area contributed by atoms with Crippen molar-refractivity contribution in [2.45, 2.75) is 53.1 Å². The van der Waals surface area contributed by atoms with E-state index in [1.807, 2.05) is 20.8 Å². The van der Waals surface area contributed by atoms with Crippen molar-refractivity contribution in [3.8, 4) is 0 Å². The van der Waals surface area contributed by atoms with Crippen molar-refractivity contribution in [2.24, 2.45) is 17.6 Å². The molecule has 3 nitrogen and oxygen atoms in total. The lowest BCUT2D eigenvalue weighted by Gasteiger charge is -2.22. The molecule has 15 heavy (non-hydrogen) atoms. The Kier molecular flexibility index (Phi) is 5.88. The molecule has 2 N–H and O–H groups in total. The summed E-state index contributed by atoms with van der Waals surface area (Å²) < 4.78 is 5.26. The Morgan fingerprint density at radius 2 is 1.87 bits per heavy atom. The Morgan fingerprint density at radius 1 is 1.33 bits per heavy atom. The minimum Gasteiger partial charge on any atom is -0.460 e. The molecule has 0 saturated carbocycles. The average Bonchev–Trinajstić information content (AvgIpc) is 1.98. The van der Waals surface area contributed by atoms with Crippen LogP contribution in [0.25, 0.3) is 0 Å². The van der Waals surface area contributed by atoms with Crippen molar-refractivity contribution < 1.29 is 9.53 Å². The third-order valence-corrected chi connectivity index (χ3v) is 2.01. The summed E-state index contributed by atoms with van der Waals surface area (Å²) in [6.45, 7) is 10.5. The molecule has 0 aliphatic carbocycles. The largest absolute Gasteiger partial charge is 0.460 e. The molecule has 0 spiro atoms. The third-order valence-electron chi connectivity index (χ3n) is 2.01. The van der Waals surface area contributed by atoms with Crippen LogP contribution in [0.1, 0.15) is 47.5 Å². The van der Waals surface area contributed by atoms with E-state index in [1.54, 1.807) is 0 Å². The molecule has 0 unspecified atom stereocenters. The molecule has 0 heterocycles. The lowest BCUT2D eigenvalue weighted by molar-refractivity contribution is -0.156. The van der Waals surface area contributed by atoms with Crippen LogP contribution in [0, 0.1) is 11.8 Å². The summed E-state index contributed by atoms with van der Waals surface area (Å²) in [5.74, 6) is 0.680. The monoisotopic (exact) mass is 215 g/mol. The number of rotatable bonds is 5. The summed E-state index contributed by atoms with van der Waals surface area (Å²) in [5.41, 5.74) is 5.23. The molecule has 0 aromatic carbocycles. The summed E-state index contributed by atoms with van der Waals surface area (Å²) in [6.07, 6.45) is 1.42. The van der Waals surface area contributed by atoms with Gasteiger partial charge in [0.1, 0.15) is 5.60 Å². The highest BCUT2D eigenvalue weighted by Crippen LogP contribution is 2.17. The van der Waals surface area contributed by atoms with Crippen LogP contribution in [-0.2, 0) is 9.53 Å². The maximum absolute atomic E-state index is 11.5. The van der Waals surface area contributed by atoms with Gasteiger partial charge in [-0.3, -0.25) is 4.79 Å². The molecule has 0 amide bonds. The number of ether oxygens (including phenoxy) is 1. The van der Waals surface area contributed by atoms with Crippen molar-refractivity contribution in [1.82, 2.24) is 0 Å². The summed E-state index contributed by atoms with van der Waals surface area (Å²) in [4.78, 5) is 11.5. The first-order valence-electron chi connectivity index (χ1n) is 5.66. The van der Waals surface area contributed by atoms with Gasteiger partial charge in [0.25, 0.3) is 0 Å². The number of carbonyl (C=O) groups is 1. The molecule has 0 aliphatic rings. The summed E-state index contributed by atoms with van der Waals surface area (Å²) in [7, 11) is 0. The Balaban J connectivity index is 4.02. The van der Waals surface area contributed by atoms with Gasteiger partial charge in [0, 0.05) is 6.42 Å². The fourth-order valence-electron chi connectivity index (χ4n) is 1.55. The molecule has 0 aromatic rings. The van der Waals surface area contributed by atoms with E-state index in [-0.39, 0.29) is 11.9 Å². The van der Waals surface area contributed by atoms with Crippen LogP contribution in [0.4, 0.5) is 0 Å². The molecule has 90 valence electrons. The maximum Gasteiger partial charge on any atom is 0.306 e. The Bertz CT molecular complexity index is 194. The second kappa shape index (κ2) is 6.11. The predicted molar refractivity (Wildman–Crippen MR) is 62.5 cm³/mol. The summed E-state index contributed by atoms with van der Waals surface area (Å²) in [5, 5.41) is 0. The molecule has 0 radical (unpaired) electrons. The van der Waals surface area contributed by atoms with Gasteiger partial charge in [-0.1, -0.05) is 13.8 Å². The predicted octanol–water partition coefficient (Wildman–Crippen LogP) is 2.34. The van der Waals surface area contributed by atoms with Crippen molar-refractivity contribution in [3.05, 3.63) is 0 Å². The van der Waals surface area contributed by atoms with Crippen LogP contribution >= 0.6 is 0 Å². The van der Waals surface area contributed by atoms with Crippen LogP contribution in [0.15, 0.2) is 0 Å². The highest BCUT2D eigenvalue weighted by molar-refractivity contribution is 5.70. The van der Waals surface area contributed by atoms with Gasteiger partial charge in [-0.2, -0.15) is 0 Å². The molecule has 0 aliphatic heterocycles. The number of esters is 1. The minimum absolute atomic E-state index is 0.140. The topological polar surface area (TPSA) is 52.3 Å². The van der Waals surface area contributed by atoms with Crippen LogP contribution in [0.2, 0.25) is 0 Å². The molecule has 0 fully saturated rings. The minimum atomic E-state index is -0.395. The second-order valence-electron chi connectivity index (χ2n) is 5.52. The van der Waals surface area contributed by atoms with E-state index in [0.29, 0.717) is 18.9 Å². The van der Waals surface area contributed by atoms with Gasteiger partial charge in [-0.25, -0.2) is 0 Å². The Hall–Kier alpha value is -0.570. The van der Waals surface area contributed by atoms with Gasteiger partial charge in [0.15, 0.2) is 0 Å². The third kappa shape index (κ3) is 8.43. The molecular weight excluding hydrogens is 190 g/mol. The fraction of sp³-hybridized carbons (Fsp3) is 0.917. The van der Waals surface area contributed by atoms with Gasteiger partial charge in [-0.15, -0.1) is 0 Å². The summed E-state index contributed by atoms with van der Waals surface area (Å²) in [6, 6.07) is 0. The molecule has 3 heteroatoms. The molecule has 0 bridgehead atoms. The number of nitrogens with two attached hydrogens (primary N) is 1. The average molecular weight is 215 g/mol. The van der Waals surface area contributed by atoms with E-state index in [4.69, 9.17) is 10.5 Å². The van der Waals surface area contributed by atoms with Crippen molar-refractivity contribution in [1.29, 1.82) is 0 Å². The normalized spacial score (nSPS) is 14.1. The molecule has 0 saturated heterocycles. The Morgan fingerprint density at radius 3 is 2.20 bits per heavy atom. The number of hydrogen-bond donors (Lipinski definition) is 1. The fourth-order valence-corrected chi connectivity index (χ4v) is 1.55. The van der Waals surface area contributed by atoms with Gasteiger partial charge in [0.05, 0.1) is 0 Å². The van der Waals surface area contributed by atoms with E-state index in [0.717, 1.165) is 6.42 Å². The highest BCUT2D eigenvalue weighted by Gasteiger charge is 2.20. The quantitative estimate of drug-likeness (QED) is 0.716. The second-order valence-corrected chi connectivity index (χ2v) is 5.52. The van der Waals surface area contributed by atoms with Crippen molar-refractivity contribution in [2.75, 3.05) is 6.54 Å². The zero-order valence-electron chi connectivity index (χ0n) is 10.7. The SMILES string of the molecule is CC(C)C[C@H](CN)CC(=O)OC(C)(C)C. The summed E-state index contributed by atoms with van der Waals surface area (Å²) >= 11 is 0. The number of carbonyl (C=O) groups excluding carboxylic acids is 1. The molecule has 1 atom stereocenters. The van der Waals surface area contributed by atoms with Crippen LogP contribution in [0.3, 0.4) is 0 Å². The van der Waals surface area contributed by atoms with E-state index < -0.39 is 5.60 Å². The van der Waals surface area contributed by atoms with E-state index in [2.05, 4.69) is 13.8 Å². The first kappa shape index (κ1) is 14.4. The van der Waals surface area contributed by atoms with Crippen LogP contribution < -0.4 is 5.73 Å². The maximum atomic E-state index is 11.5. The van der Waals surface area contributed by atoms with Crippen molar-refractivity contribution in [3.63, 3.8) is 0 Å². The van der Waals surface area contributed by atoms with E-state index >= 15 is 0 Å². The van der Waals surface area contributed by atoms with Crippen LogP contribution in [0.5, 0.6) is 0 Å². The van der Waals surface area contributed by atoms with Gasteiger partial charge >= 0.3 is 5.97 Å². The van der Waals surface area contributed by atoms with E-state index in [1.165, 1.54) is 0 Å². The van der Waals surface area contributed by atoms with Gasteiger partial charge in [-0.05, 0) is 45.6 Å². The Labute approximate surface area is 93.4 Å². The van der Waals surface area contributed by atoms with E-state index in [9.17, 15) is 4.79 Å². The first-order chi connectivity index (χ1) is 6.74. The lowest BCUT2D eigenvalue weighted by atomic mass is 9.94. The molecular formula is C12H25NO2. The zero-order chi connectivity index (χ0) is 12.1. The van der Waals surface area contributed by atoms with Gasteiger partial charge in [0.2, 0.25) is 0 Å². The van der Waals surface area contributed by atoms with Gasteiger partial charge < -0.3 is 10.5 Å². The number of hydrogen-bond acceptors (Lipinski definition) is 3. The van der Waals surface area contributed by atoms with Crippen LogP contribution in [-0.4, -0.2) is 18.1 Å². The molecule has 0 aromatic heterocycles.